The molecule has 0 spiro atoms. The van der Waals surface area contributed by atoms with Crippen LogP contribution in [0.15, 0.2) is 0 Å². The standard InChI is InChI=1S/C17H35N3O/c1-4-8-18-12-16-7-5-6-9-20(16)14-17-13-19(15(2)3)10-11-21-17/h15-18H,4-14H2,1-3H3. The molecule has 2 atom stereocenters. The van der Waals surface area contributed by atoms with E-state index >= 15 is 0 Å². The van der Waals surface area contributed by atoms with Crippen molar-refractivity contribution in [1.29, 1.82) is 0 Å². The number of likely N-dealkylation sites (tertiary alicyclic amines) is 1. The van der Waals surface area contributed by atoms with Crippen LogP contribution in [-0.4, -0.2) is 73.9 Å². The summed E-state index contributed by atoms with van der Waals surface area (Å²) in [7, 11) is 0. The van der Waals surface area contributed by atoms with Crippen LogP contribution in [-0.2, 0) is 4.74 Å². The van der Waals surface area contributed by atoms with Crippen LogP contribution in [0, 0.1) is 0 Å². The highest BCUT2D eigenvalue weighted by molar-refractivity contribution is 4.83. The van der Waals surface area contributed by atoms with Gasteiger partial charge in [0, 0.05) is 38.3 Å². The number of ether oxygens (including phenoxy) is 1. The molecule has 0 aromatic carbocycles. The van der Waals surface area contributed by atoms with Gasteiger partial charge in [0.2, 0.25) is 0 Å². The van der Waals surface area contributed by atoms with Crippen molar-refractivity contribution in [2.75, 3.05) is 45.9 Å². The van der Waals surface area contributed by atoms with Crippen LogP contribution in [0.25, 0.3) is 0 Å². The molecule has 0 bridgehead atoms. The van der Waals surface area contributed by atoms with Crippen molar-refractivity contribution in [3.8, 4) is 0 Å². The third-order valence-corrected chi connectivity index (χ3v) is 4.89. The quantitative estimate of drug-likeness (QED) is 0.727. The summed E-state index contributed by atoms with van der Waals surface area (Å²) >= 11 is 0. The smallest absolute Gasteiger partial charge is 0.0829 e. The molecule has 0 radical (unpaired) electrons. The maximum Gasteiger partial charge on any atom is 0.0829 e. The fourth-order valence-electron chi connectivity index (χ4n) is 3.56. The summed E-state index contributed by atoms with van der Waals surface area (Å²) in [5.74, 6) is 0. The normalized spacial score (nSPS) is 29.1. The molecule has 0 saturated carbocycles. The van der Waals surface area contributed by atoms with E-state index in [4.69, 9.17) is 4.74 Å². The highest BCUT2D eigenvalue weighted by Gasteiger charge is 2.28. The lowest BCUT2D eigenvalue weighted by Crippen LogP contribution is -2.53. The molecule has 124 valence electrons. The molecule has 21 heavy (non-hydrogen) atoms. The first-order chi connectivity index (χ1) is 10.2. The van der Waals surface area contributed by atoms with Crippen LogP contribution in [0.3, 0.4) is 0 Å². The summed E-state index contributed by atoms with van der Waals surface area (Å²) in [5.41, 5.74) is 0. The molecule has 4 heteroatoms. The van der Waals surface area contributed by atoms with Gasteiger partial charge in [-0.05, 0) is 46.2 Å². The first-order valence-corrected chi connectivity index (χ1v) is 9.01. The number of nitrogens with zero attached hydrogens (tertiary/aromatic N) is 2. The van der Waals surface area contributed by atoms with Crippen molar-refractivity contribution in [2.45, 2.75) is 64.6 Å². The predicted molar refractivity (Wildman–Crippen MR) is 88.8 cm³/mol. The van der Waals surface area contributed by atoms with Crippen molar-refractivity contribution in [3.63, 3.8) is 0 Å². The molecule has 2 heterocycles. The molecule has 2 aliphatic rings. The number of nitrogens with one attached hydrogen (secondary N) is 1. The third-order valence-electron chi connectivity index (χ3n) is 4.89. The maximum atomic E-state index is 6.03. The van der Waals surface area contributed by atoms with Crippen molar-refractivity contribution in [1.82, 2.24) is 15.1 Å². The zero-order chi connectivity index (χ0) is 15.1. The van der Waals surface area contributed by atoms with Gasteiger partial charge in [0.25, 0.3) is 0 Å². The van der Waals surface area contributed by atoms with Gasteiger partial charge in [0.15, 0.2) is 0 Å². The van der Waals surface area contributed by atoms with Gasteiger partial charge >= 0.3 is 0 Å². The number of piperidine rings is 1. The molecule has 0 aromatic rings. The van der Waals surface area contributed by atoms with Crippen LogP contribution < -0.4 is 5.32 Å². The van der Waals surface area contributed by atoms with E-state index in [1.165, 1.54) is 32.2 Å². The van der Waals surface area contributed by atoms with E-state index in [1.54, 1.807) is 0 Å². The number of morpholine rings is 1. The third kappa shape index (κ3) is 5.51. The van der Waals surface area contributed by atoms with E-state index in [0.717, 1.165) is 39.3 Å². The number of hydrogen-bond acceptors (Lipinski definition) is 4. The summed E-state index contributed by atoms with van der Waals surface area (Å²) in [4.78, 5) is 5.24. The lowest BCUT2D eigenvalue weighted by atomic mass is 10.0. The van der Waals surface area contributed by atoms with Crippen LogP contribution >= 0.6 is 0 Å². The Labute approximate surface area is 131 Å². The van der Waals surface area contributed by atoms with Gasteiger partial charge in [0.05, 0.1) is 12.7 Å². The Morgan fingerprint density at radius 3 is 2.86 bits per heavy atom. The van der Waals surface area contributed by atoms with Gasteiger partial charge in [-0.25, -0.2) is 0 Å². The van der Waals surface area contributed by atoms with E-state index in [-0.39, 0.29) is 0 Å². The van der Waals surface area contributed by atoms with Crippen molar-refractivity contribution in [2.24, 2.45) is 0 Å². The van der Waals surface area contributed by atoms with Crippen molar-refractivity contribution >= 4 is 0 Å². The van der Waals surface area contributed by atoms with Gasteiger partial charge in [-0.1, -0.05) is 13.3 Å². The van der Waals surface area contributed by atoms with Crippen molar-refractivity contribution < 1.29 is 4.74 Å². The Bertz CT molecular complexity index is 285. The molecule has 2 rings (SSSR count). The second-order valence-electron chi connectivity index (χ2n) is 6.93. The zero-order valence-corrected chi connectivity index (χ0v) is 14.3. The molecule has 2 saturated heterocycles. The molecule has 1 N–H and O–H groups in total. The van der Waals surface area contributed by atoms with E-state index < -0.39 is 0 Å². The minimum atomic E-state index is 0.396. The minimum absolute atomic E-state index is 0.396. The van der Waals surface area contributed by atoms with E-state index in [1.807, 2.05) is 0 Å². The lowest BCUT2D eigenvalue weighted by molar-refractivity contribution is -0.0598. The zero-order valence-electron chi connectivity index (χ0n) is 14.3. The summed E-state index contributed by atoms with van der Waals surface area (Å²) < 4.78 is 6.03. The predicted octanol–water partition coefficient (Wildman–Crippen LogP) is 1.95. The number of rotatable bonds is 7. The first-order valence-electron chi connectivity index (χ1n) is 9.01. The van der Waals surface area contributed by atoms with Gasteiger partial charge in [-0.3, -0.25) is 9.80 Å². The van der Waals surface area contributed by atoms with Gasteiger partial charge in [-0.15, -0.1) is 0 Å². The van der Waals surface area contributed by atoms with Crippen LogP contribution in [0.1, 0.15) is 46.5 Å². The van der Waals surface area contributed by atoms with E-state index in [2.05, 4.69) is 35.9 Å². The van der Waals surface area contributed by atoms with E-state index in [9.17, 15) is 0 Å². The molecule has 2 unspecified atom stereocenters. The topological polar surface area (TPSA) is 27.7 Å². The monoisotopic (exact) mass is 297 g/mol. The second kappa shape index (κ2) is 9.09. The van der Waals surface area contributed by atoms with Gasteiger partial charge < -0.3 is 10.1 Å². The van der Waals surface area contributed by atoms with Crippen molar-refractivity contribution in [3.05, 3.63) is 0 Å². The Balaban J connectivity index is 1.80. The lowest BCUT2D eigenvalue weighted by Gasteiger charge is -2.41. The Morgan fingerprint density at radius 1 is 1.24 bits per heavy atom. The summed E-state index contributed by atoms with van der Waals surface area (Å²) in [6.07, 6.45) is 5.70. The average molecular weight is 297 g/mol. The molecule has 2 fully saturated rings. The molecule has 0 aromatic heterocycles. The SMILES string of the molecule is CCCNCC1CCCCN1CC1CN(C(C)C)CCO1. The molecule has 2 aliphatic heterocycles. The molecule has 4 nitrogen and oxygen atoms in total. The minimum Gasteiger partial charge on any atom is -0.374 e. The molecule has 0 amide bonds. The van der Waals surface area contributed by atoms with Gasteiger partial charge in [-0.2, -0.15) is 0 Å². The highest BCUT2D eigenvalue weighted by Crippen LogP contribution is 2.19. The Kier molecular flexibility index (Phi) is 7.44. The van der Waals surface area contributed by atoms with Crippen LogP contribution in [0.2, 0.25) is 0 Å². The molecular formula is C17H35N3O. The largest absolute Gasteiger partial charge is 0.374 e. The molecule has 0 aliphatic carbocycles. The summed E-state index contributed by atoms with van der Waals surface area (Å²) in [6.45, 7) is 14.6. The Hall–Kier alpha value is -0.160. The summed E-state index contributed by atoms with van der Waals surface area (Å²) in [5, 5.41) is 3.61. The number of hydrogen-bond donors (Lipinski definition) is 1. The average Bonchev–Trinajstić information content (AvgIpc) is 2.49. The first kappa shape index (κ1) is 17.2. The fraction of sp³-hybridized carbons (Fsp3) is 1.00. The summed E-state index contributed by atoms with van der Waals surface area (Å²) in [6, 6.07) is 1.35. The van der Waals surface area contributed by atoms with Crippen LogP contribution in [0.4, 0.5) is 0 Å². The molecular weight excluding hydrogens is 262 g/mol. The second-order valence-corrected chi connectivity index (χ2v) is 6.93. The van der Waals surface area contributed by atoms with E-state index in [0.29, 0.717) is 18.2 Å². The fourth-order valence-corrected chi connectivity index (χ4v) is 3.56. The maximum absolute atomic E-state index is 6.03. The highest BCUT2D eigenvalue weighted by atomic mass is 16.5. The van der Waals surface area contributed by atoms with Gasteiger partial charge in [0.1, 0.15) is 0 Å². The Morgan fingerprint density at radius 2 is 2.10 bits per heavy atom. The van der Waals surface area contributed by atoms with Crippen LogP contribution in [0.5, 0.6) is 0 Å².